The topological polar surface area (TPSA) is 57.7 Å². The van der Waals surface area contributed by atoms with E-state index in [-0.39, 0.29) is 16.7 Å². The first-order chi connectivity index (χ1) is 11.4. The fourth-order valence-corrected chi connectivity index (χ4v) is 5.27. The molecule has 1 amide bonds. The molecule has 2 heterocycles. The number of carbonyl (C=O) groups is 1. The molecule has 24 heavy (non-hydrogen) atoms. The van der Waals surface area contributed by atoms with E-state index in [0.29, 0.717) is 11.6 Å². The Morgan fingerprint density at radius 3 is 2.88 bits per heavy atom. The second-order valence-electron chi connectivity index (χ2n) is 5.62. The van der Waals surface area contributed by atoms with Crippen molar-refractivity contribution in [3.05, 3.63) is 46.3 Å². The summed E-state index contributed by atoms with van der Waals surface area (Å²) in [7, 11) is -2.20. The van der Waals surface area contributed by atoms with Crippen LogP contribution in [0.4, 0.5) is 5.69 Å². The van der Waals surface area contributed by atoms with Crippen LogP contribution in [0, 0.1) is 0 Å². The Morgan fingerprint density at radius 1 is 1.38 bits per heavy atom. The predicted octanol–water partition coefficient (Wildman–Crippen LogP) is 3.00. The fraction of sp³-hybridized carbons (Fsp3) is 0.312. The van der Waals surface area contributed by atoms with Gasteiger partial charge in [-0.2, -0.15) is 4.31 Å². The Morgan fingerprint density at radius 2 is 2.17 bits per heavy atom. The van der Waals surface area contributed by atoms with Crippen LogP contribution in [0.3, 0.4) is 0 Å². The van der Waals surface area contributed by atoms with Gasteiger partial charge in [-0.1, -0.05) is 17.7 Å². The van der Waals surface area contributed by atoms with Crippen LogP contribution in [0.1, 0.15) is 12.0 Å². The van der Waals surface area contributed by atoms with Crippen molar-refractivity contribution in [3.8, 4) is 0 Å². The second kappa shape index (κ2) is 6.84. The first-order valence-corrected chi connectivity index (χ1v) is 10.2. The minimum absolute atomic E-state index is 0.192. The third-order valence-electron chi connectivity index (χ3n) is 3.98. The van der Waals surface area contributed by atoms with Gasteiger partial charge in [0.1, 0.15) is 4.21 Å². The van der Waals surface area contributed by atoms with Crippen molar-refractivity contribution in [2.75, 3.05) is 25.0 Å². The second-order valence-corrected chi connectivity index (χ2v) is 9.27. The highest BCUT2D eigenvalue weighted by Gasteiger charge is 2.28. The first-order valence-electron chi connectivity index (χ1n) is 7.48. The van der Waals surface area contributed by atoms with Gasteiger partial charge < -0.3 is 4.90 Å². The monoisotopic (exact) mass is 384 g/mol. The van der Waals surface area contributed by atoms with Crippen LogP contribution in [0.15, 0.2) is 39.9 Å². The van der Waals surface area contributed by atoms with Crippen LogP contribution in [-0.2, 0) is 21.2 Å². The molecule has 8 heteroatoms. The number of carbonyl (C=O) groups excluding carboxylic acids is 1. The molecule has 1 aliphatic rings. The quantitative estimate of drug-likeness (QED) is 0.814. The standard InChI is InChI=1S/C16H17ClN2O3S2/c1-18(24(21,22)16-5-3-9-23-16)11-15(20)19-8-2-4-12-10-13(17)6-7-14(12)19/h3,5-7,9-10H,2,4,8,11H2,1H3. The maximum Gasteiger partial charge on any atom is 0.252 e. The zero-order valence-corrected chi connectivity index (χ0v) is 15.5. The van der Waals surface area contributed by atoms with Gasteiger partial charge in [-0.15, -0.1) is 11.3 Å². The number of hydrogen-bond donors (Lipinski definition) is 0. The molecule has 0 atom stereocenters. The number of amides is 1. The summed E-state index contributed by atoms with van der Waals surface area (Å²) in [5.41, 5.74) is 1.84. The van der Waals surface area contributed by atoms with Crippen molar-refractivity contribution in [1.82, 2.24) is 4.31 Å². The summed E-state index contributed by atoms with van der Waals surface area (Å²) >= 11 is 7.16. The largest absolute Gasteiger partial charge is 0.311 e. The number of likely N-dealkylation sites (N-methyl/N-ethyl adjacent to an activating group) is 1. The van der Waals surface area contributed by atoms with Crippen molar-refractivity contribution in [3.63, 3.8) is 0 Å². The van der Waals surface area contributed by atoms with E-state index in [9.17, 15) is 13.2 Å². The highest BCUT2D eigenvalue weighted by atomic mass is 35.5. The minimum Gasteiger partial charge on any atom is -0.311 e. The van der Waals surface area contributed by atoms with Crippen molar-refractivity contribution < 1.29 is 13.2 Å². The van der Waals surface area contributed by atoms with Gasteiger partial charge in [0.25, 0.3) is 10.0 Å². The number of anilines is 1. The van der Waals surface area contributed by atoms with Gasteiger partial charge in [0, 0.05) is 24.3 Å². The average Bonchev–Trinajstić information content (AvgIpc) is 3.09. The maximum atomic E-state index is 12.7. The molecule has 1 aromatic carbocycles. The minimum atomic E-state index is -3.63. The Labute approximate surface area is 150 Å². The van der Waals surface area contributed by atoms with Crippen LogP contribution >= 0.6 is 22.9 Å². The van der Waals surface area contributed by atoms with E-state index in [1.807, 2.05) is 12.1 Å². The van der Waals surface area contributed by atoms with Crippen LogP contribution in [-0.4, -0.2) is 38.8 Å². The Kier molecular flexibility index (Phi) is 4.96. The van der Waals surface area contributed by atoms with Gasteiger partial charge in [-0.25, -0.2) is 8.42 Å². The van der Waals surface area contributed by atoms with Crippen LogP contribution < -0.4 is 4.90 Å². The van der Waals surface area contributed by atoms with Crippen molar-refractivity contribution >= 4 is 44.6 Å². The predicted molar refractivity (Wildman–Crippen MR) is 96.3 cm³/mol. The molecule has 0 spiro atoms. The lowest BCUT2D eigenvalue weighted by Crippen LogP contribution is -2.43. The molecular formula is C16H17ClN2O3S2. The average molecular weight is 385 g/mol. The molecule has 3 rings (SSSR count). The molecule has 0 bridgehead atoms. The number of sulfonamides is 1. The molecule has 0 saturated carbocycles. The van der Waals surface area contributed by atoms with Crippen molar-refractivity contribution in [1.29, 1.82) is 0 Å². The zero-order valence-electron chi connectivity index (χ0n) is 13.1. The third-order valence-corrected chi connectivity index (χ3v) is 7.39. The highest BCUT2D eigenvalue weighted by Crippen LogP contribution is 2.30. The molecule has 0 aliphatic carbocycles. The Bertz CT molecular complexity index is 850. The maximum absolute atomic E-state index is 12.7. The summed E-state index contributed by atoms with van der Waals surface area (Å²) in [6.07, 6.45) is 1.70. The van der Waals surface area contributed by atoms with Gasteiger partial charge in [0.05, 0.1) is 6.54 Å². The zero-order chi connectivity index (χ0) is 17.3. The number of aryl methyl sites for hydroxylation is 1. The summed E-state index contributed by atoms with van der Waals surface area (Å²) in [4.78, 5) is 14.3. The van der Waals surface area contributed by atoms with E-state index >= 15 is 0 Å². The third kappa shape index (κ3) is 3.35. The molecule has 5 nitrogen and oxygen atoms in total. The lowest BCUT2D eigenvalue weighted by Gasteiger charge is -2.30. The van der Waals surface area contributed by atoms with Gasteiger partial charge in [-0.05, 0) is 48.1 Å². The van der Waals surface area contributed by atoms with E-state index in [1.54, 1.807) is 28.5 Å². The van der Waals surface area contributed by atoms with Crippen molar-refractivity contribution in [2.24, 2.45) is 0 Å². The first kappa shape index (κ1) is 17.4. The summed E-state index contributed by atoms with van der Waals surface area (Å²) in [5, 5.41) is 2.34. The van der Waals surface area contributed by atoms with Crippen LogP contribution in [0.5, 0.6) is 0 Å². The van der Waals surface area contributed by atoms with E-state index in [4.69, 9.17) is 11.6 Å². The van der Waals surface area contributed by atoms with Gasteiger partial charge in [-0.3, -0.25) is 4.79 Å². The SMILES string of the molecule is CN(CC(=O)N1CCCc2cc(Cl)ccc21)S(=O)(=O)c1cccs1. The van der Waals surface area contributed by atoms with E-state index in [2.05, 4.69) is 0 Å². The number of halogens is 1. The summed E-state index contributed by atoms with van der Waals surface area (Å²) in [5.74, 6) is -0.235. The molecule has 0 unspecified atom stereocenters. The summed E-state index contributed by atoms with van der Waals surface area (Å²) in [6.45, 7) is 0.392. The lowest BCUT2D eigenvalue weighted by atomic mass is 10.0. The fourth-order valence-electron chi connectivity index (χ4n) is 2.75. The Balaban J connectivity index is 1.79. The lowest BCUT2D eigenvalue weighted by molar-refractivity contribution is -0.118. The Hall–Kier alpha value is -1.41. The number of nitrogens with zero attached hydrogens (tertiary/aromatic N) is 2. The smallest absolute Gasteiger partial charge is 0.252 e. The molecule has 1 aromatic heterocycles. The van der Waals surface area contributed by atoms with E-state index in [1.165, 1.54) is 7.05 Å². The van der Waals surface area contributed by atoms with E-state index < -0.39 is 10.0 Å². The van der Waals surface area contributed by atoms with Crippen LogP contribution in [0.25, 0.3) is 0 Å². The molecule has 0 fully saturated rings. The molecule has 0 radical (unpaired) electrons. The molecule has 1 aliphatic heterocycles. The number of rotatable bonds is 4. The number of thiophene rings is 1. The van der Waals surface area contributed by atoms with E-state index in [0.717, 1.165) is 39.7 Å². The number of benzene rings is 1. The molecule has 0 saturated heterocycles. The highest BCUT2D eigenvalue weighted by molar-refractivity contribution is 7.91. The number of hydrogen-bond acceptors (Lipinski definition) is 4. The summed E-state index contributed by atoms with van der Waals surface area (Å²) in [6, 6.07) is 8.65. The normalized spacial score (nSPS) is 14.7. The van der Waals surface area contributed by atoms with Gasteiger partial charge in [0.2, 0.25) is 5.91 Å². The molecular weight excluding hydrogens is 368 g/mol. The van der Waals surface area contributed by atoms with Crippen molar-refractivity contribution in [2.45, 2.75) is 17.1 Å². The van der Waals surface area contributed by atoms with Gasteiger partial charge in [0.15, 0.2) is 0 Å². The van der Waals surface area contributed by atoms with Crippen LogP contribution in [0.2, 0.25) is 5.02 Å². The molecule has 2 aromatic rings. The van der Waals surface area contributed by atoms with Gasteiger partial charge >= 0.3 is 0 Å². The number of fused-ring (bicyclic) bond motifs is 1. The summed E-state index contributed by atoms with van der Waals surface area (Å²) < 4.78 is 26.2. The molecule has 0 N–H and O–H groups in total. The molecule has 128 valence electrons.